The molecule has 0 aliphatic heterocycles. The summed E-state index contributed by atoms with van der Waals surface area (Å²) in [6.07, 6.45) is 0. The zero-order chi connectivity index (χ0) is 41.9. The number of para-hydroxylation sites is 2. The molecule has 7 heteroatoms. The molecule has 0 N–H and O–H groups in total. The SMILES string of the molecule is c1ccc(-c2nc(-c3ccccc3)nc(-c3cc(-n4c5ccccc5c5cc6sc7ccccc7c6cc54)ccc3-n3c4ccccc4c4cc5sc6ccccc6c5cc43)n2)cc1. The summed E-state index contributed by atoms with van der Waals surface area (Å²) in [4.78, 5) is 15.9. The largest absolute Gasteiger partial charge is 0.309 e. The second-order valence-electron chi connectivity index (χ2n) is 16.4. The molecule has 0 saturated heterocycles. The Morgan fingerprint density at radius 1 is 0.297 bits per heavy atom. The Balaban J connectivity index is 1.11. The van der Waals surface area contributed by atoms with E-state index in [2.05, 4.69) is 173 Å². The van der Waals surface area contributed by atoms with Crippen LogP contribution in [0.25, 0.3) is 129 Å². The maximum absolute atomic E-state index is 5.39. The van der Waals surface area contributed by atoms with Gasteiger partial charge in [-0.15, -0.1) is 22.7 Å². The van der Waals surface area contributed by atoms with E-state index in [0.29, 0.717) is 17.5 Å². The van der Waals surface area contributed by atoms with Crippen LogP contribution in [-0.2, 0) is 0 Å². The van der Waals surface area contributed by atoms with Crippen LogP contribution >= 0.6 is 22.7 Å². The van der Waals surface area contributed by atoms with Gasteiger partial charge in [0.25, 0.3) is 0 Å². The summed E-state index contributed by atoms with van der Waals surface area (Å²) >= 11 is 3.71. The molecule has 0 atom stereocenters. The van der Waals surface area contributed by atoms with Gasteiger partial charge in [0.1, 0.15) is 0 Å². The lowest BCUT2D eigenvalue weighted by Crippen LogP contribution is -2.05. The topological polar surface area (TPSA) is 48.5 Å². The molecule has 64 heavy (non-hydrogen) atoms. The van der Waals surface area contributed by atoms with Gasteiger partial charge < -0.3 is 9.13 Å². The summed E-state index contributed by atoms with van der Waals surface area (Å²) in [7, 11) is 0. The monoisotopic (exact) mass is 851 g/mol. The minimum absolute atomic E-state index is 0.601. The van der Waals surface area contributed by atoms with E-state index < -0.39 is 0 Å². The van der Waals surface area contributed by atoms with Gasteiger partial charge in [0.2, 0.25) is 0 Å². The van der Waals surface area contributed by atoms with Crippen LogP contribution in [0.3, 0.4) is 0 Å². The molecule has 5 nitrogen and oxygen atoms in total. The zero-order valence-corrected chi connectivity index (χ0v) is 35.7. The Morgan fingerprint density at radius 3 is 1.31 bits per heavy atom. The molecule has 14 rings (SSSR count). The van der Waals surface area contributed by atoms with Gasteiger partial charge >= 0.3 is 0 Å². The molecule has 0 fully saturated rings. The first-order valence-electron chi connectivity index (χ1n) is 21.4. The van der Waals surface area contributed by atoms with E-state index in [4.69, 9.17) is 15.0 Å². The molecular formula is C57H33N5S2. The number of rotatable bonds is 5. The molecule has 0 radical (unpaired) electrons. The maximum atomic E-state index is 5.39. The summed E-state index contributed by atoms with van der Waals surface area (Å²) in [6, 6.07) is 71.9. The third-order valence-corrected chi connectivity index (χ3v) is 15.0. The van der Waals surface area contributed by atoms with Crippen molar-refractivity contribution in [3.63, 3.8) is 0 Å². The standard InChI is InChI=1S/C57H33N5S2/c1-3-15-34(16-4-1)55-58-56(35-17-5-2-6-18-35)60-57(59-55)45-29-36(61-46-23-11-7-19-37(46)41-32-53-43(30-49(41)61)39-21-9-13-25-51(39)63-53)27-28-48(45)62-47-24-12-8-20-38(47)42-33-54-44(31-50(42)62)40-22-10-14-26-52(40)64-54/h1-33H. The fourth-order valence-corrected chi connectivity index (χ4v) is 12.1. The van der Waals surface area contributed by atoms with Crippen molar-refractivity contribution in [3.8, 4) is 45.5 Å². The Kier molecular flexibility index (Phi) is 7.66. The third-order valence-electron chi connectivity index (χ3n) is 12.8. The van der Waals surface area contributed by atoms with Gasteiger partial charge in [-0.1, -0.05) is 133 Å². The van der Waals surface area contributed by atoms with E-state index in [9.17, 15) is 0 Å². The van der Waals surface area contributed by atoms with Crippen molar-refractivity contribution in [3.05, 3.63) is 200 Å². The van der Waals surface area contributed by atoms with Gasteiger partial charge in [0.05, 0.1) is 27.8 Å². The smallest absolute Gasteiger partial charge is 0.166 e. The van der Waals surface area contributed by atoms with Crippen molar-refractivity contribution < 1.29 is 0 Å². The van der Waals surface area contributed by atoms with Crippen LogP contribution in [0.4, 0.5) is 0 Å². The van der Waals surface area contributed by atoms with Crippen molar-refractivity contribution in [2.75, 3.05) is 0 Å². The van der Waals surface area contributed by atoms with Crippen molar-refractivity contribution >= 4 is 107 Å². The fraction of sp³-hybridized carbons (Fsp3) is 0. The molecule has 5 aromatic heterocycles. The van der Waals surface area contributed by atoms with Crippen LogP contribution in [0, 0.1) is 0 Å². The van der Waals surface area contributed by atoms with E-state index in [1.54, 1.807) is 0 Å². The molecule has 14 aromatic rings. The number of aromatic nitrogens is 5. The Labute approximate surface area is 374 Å². The van der Waals surface area contributed by atoms with Gasteiger partial charge in [-0.05, 0) is 66.7 Å². The second kappa shape index (κ2) is 13.8. The van der Waals surface area contributed by atoms with Crippen molar-refractivity contribution in [1.82, 2.24) is 24.1 Å². The highest BCUT2D eigenvalue weighted by atomic mass is 32.1. The highest BCUT2D eigenvalue weighted by Gasteiger charge is 2.23. The molecule has 0 aliphatic rings. The molecule has 0 saturated carbocycles. The van der Waals surface area contributed by atoms with E-state index >= 15 is 0 Å². The normalized spacial score (nSPS) is 12.1. The molecule has 0 bridgehead atoms. The van der Waals surface area contributed by atoms with Crippen molar-refractivity contribution in [1.29, 1.82) is 0 Å². The fourth-order valence-electron chi connectivity index (χ4n) is 9.88. The van der Waals surface area contributed by atoms with E-state index in [1.807, 2.05) is 59.1 Å². The lowest BCUT2D eigenvalue weighted by molar-refractivity contribution is 1.06. The highest BCUT2D eigenvalue weighted by molar-refractivity contribution is 7.26. The Morgan fingerprint density at radius 2 is 0.750 bits per heavy atom. The van der Waals surface area contributed by atoms with Crippen LogP contribution in [0.2, 0.25) is 0 Å². The minimum Gasteiger partial charge on any atom is -0.309 e. The minimum atomic E-state index is 0.601. The summed E-state index contributed by atoms with van der Waals surface area (Å²) in [5.74, 6) is 1.85. The predicted molar refractivity (Wildman–Crippen MR) is 271 cm³/mol. The van der Waals surface area contributed by atoms with Gasteiger partial charge in [-0.3, -0.25) is 0 Å². The number of thiophene rings is 2. The predicted octanol–water partition coefficient (Wildman–Crippen LogP) is 15.8. The molecule has 5 heterocycles. The van der Waals surface area contributed by atoms with Crippen LogP contribution in [0.15, 0.2) is 200 Å². The first-order valence-corrected chi connectivity index (χ1v) is 23.1. The van der Waals surface area contributed by atoms with Gasteiger partial charge in [0, 0.05) is 84.3 Å². The quantitative estimate of drug-likeness (QED) is 0.173. The number of hydrogen-bond acceptors (Lipinski definition) is 5. The number of hydrogen-bond donors (Lipinski definition) is 0. The molecule has 298 valence electrons. The van der Waals surface area contributed by atoms with Crippen LogP contribution in [0.1, 0.15) is 0 Å². The summed E-state index contributed by atoms with van der Waals surface area (Å²) < 4.78 is 10.0. The van der Waals surface area contributed by atoms with Gasteiger partial charge in [0.15, 0.2) is 17.5 Å². The summed E-state index contributed by atoms with van der Waals surface area (Å²) in [5, 5.41) is 9.94. The van der Waals surface area contributed by atoms with Crippen molar-refractivity contribution in [2.24, 2.45) is 0 Å². The lowest BCUT2D eigenvalue weighted by atomic mass is 10.1. The summed E-state index contributed by atoms with van der Waals surface area (Å²) in [5.41, 5.74) is 9.34. The van der Waals surface area contributed by atoms with Crippen LogP contribution < -0.4 is 0 Å². The molecule has 0 amide bonds. The molecule has 0 aliphatic carbocycles. The van der Waals surface area contributed by atoms with E-state index in [0.717, 1.165) is 50.1 Å². The second-order valence-corrected chi connectivity index (χ2v) is 18.5. The van der Waals surface area contributed by atoms with Crippen LogP contribution in [0.5, 0.6) is 0 Å². The highest BCUT2D eigenvalue weighted by Crippen LogP contribution is 2.44. The third kappa shape index (κ3) is 5.32. The van der Waals surface area contributed by atoms with Gasteiger partial charge in [-0.2, -0.15) is 0 Å². The average Bonchev–Trinajstić information content (AvgIpc) is 4.10. The first kappa shape index (κ1) is 35.6. The van der Waals surface area contributed by atoms with E-state index in [-0.39, 0.29) is 0 Å². The summed E-state index contributed by atoms with van der Waals surface area (Å²) in [6.45, 7) is 0. The molecule has 0 spiro atoms. The van der Waals surface area contributed by atoms with Crippen LogP contribution in [-0.4, -0.2) is 24.1 Å². The van der Waals surface area contributed by atoms with E-state index in [1.165, 1.54) is 61.9 Å². The molecular weight excluding hydrogens is 819 g/mol. The average molecular weight is 852 g/mol. The Bertz CT molecular complexity index is 4140. The lowest BCUT2D eigenvalue weighted by Gasteiger charge is -2.17. The zero-order valence-electron chi connectivity index (χ0n) is 34.1. The number of nitrogens with zero attached hydrogens (tertiary/aromatic N) is 5. The van der Waals surface area contributed by atoms with Gasteiger partial charge in [-0.25, -0.2) is 15.0 Å². The number of fused-ring (bicyclic) bond motifs is 12. The molecule has 0 unspecified atom stereocenters. The molecule has 9 aromatic carbocycles. The first-order chi connectivity index (χ1) is 31.7. The van der Waals surface area contributed by atoms with Crippen molar-refractivity contribution in [2.45, 2.75) is 0 Å². The maximum Gasteiger partial charge on any atom is 0.166 e. The number of benzene rings is 9. The Hall–Kier alpha value is -7.97.